The molecule has 0 saturated heterocycles. The van der Waals surface area contributed by atoms with Gasteiger partial charge in [-0.05, 0) is 53.8 Å². The average molecular weight is 508 g/mol. The average Bonchev–Trinajstić information content (AvgIpc) is 3.37. The highest BCUT2D eigenvalue weighted by atomic mass is 79.9. The predicted molar refractivity (Wildman–Crippen MR) is 116 cm³/mol. The van der Waals surface area contributed by atoms with E-state index < -0.39 is 0 Å². The highest BCUT2D eigenvalue weighted by Crippen LogP contribution is 2.35. The van der Waals surface area contributed by atoms with Crippen LogP contribution in [0, 0.1) is 0 Å². The van der Waals surface area contributed by atoms with Crippen LogP contribution in [-0.4, -0.2) is 24.2 Å². The molecule has 2 aromatic rings. The minimum Gasteiger partial charge on any atom is -0.454 e. The van der Waals surface area contributed by atoms with E-state index in [9.17, 15) is 0 Å². The topological polar surface area (TPSA) is 36.9 Å². The van der Waals surface area contributed by atoms with Crippen molar-refractivity contribution in [2.24, 2.45) is 0 Å². The van der Waals surface area contributed by atoms with Crippen LogP contribution in [0.5, 0.6) is 23.0 Å². The van der Waals surface area contributed by atoms with Crippen LogP contribution in [0.3, 0.4) is 0 Å². The molecule has 0 fully saturated rings. The Kier molecular flexibility index (Phi) is 6.27. The molecule has 0 unspecified atom stereocenters. The Morgan fingerprint density at radius 3 is 1.93 bits per heavy atom. The summed E-state index contributed by atoms with van der Waals surface area (Å²) >= 11 is 7.17. The van der Waals surface area contributed by atoms with Crippen LogP contribution in [0.4, 0.5) is 0 Å². The lowest BCUT2D eigenvalue weighted by molar-refractivity contribution is 0.173. The maximum absolute atomic E-state index is 5.53. The Morgan fingerprint density at radius 2 is 1.36 bits per heavy atom. The molecule has 4 nitrogen and oxygen atoms in total. The van der Waals surface area contributed by atoms with Gasteiger partial charge in [0.15, 0.2) is 23.0 Å². The van der Waals surface area contributed by atoms with Crippen molar-refractivity contribution in [3.05, 3.63) is 70.8 Å². The fraction of sp³-hybridized carbons (Fsp3) is 0.273. The number of halogens is 2. The van der Waals surface area contributed by atoms with Gasteiger partial charge in [0.2, 0.25) is 13.6 Å². The predicted octanol–water partition coefficient (Wildman–Crippen LogP) is 5.57. The van der Waals surface area contributed by atoms with Gasteiger partial charge in [0.1, 0.15) is 0 Å². The van der Waals surface area contributed by atoms with E-state index in [1.54, 1.807) is 0 Å². The maximum atomic E-state index is 5.53. The van der Waals surface area contributed by atoms with Gasteiger partial charge in [0.25, 0.3) is 0 Å². The van der Waals surface area contributed by atoms with Crippen molar-refractivity contribution >= 4 is 31.9 Å². The number of benzene rings is 2. The van der Waals surface area contributed by atoms with Crippen molar-refractivity contribution in [1.29, 1.82) is 0 Å². The molecular weight excluding hydrogens is 488 g/mol. The summed E-state index contributed by atoms with van der Waals surface area (Å²) in [4.78, 5) is 0. The summed E-state index contributed by atoms with van der Waals surface area (Å²) in [6, 6.07) is 12.3. The molecule has 2 aromatic carbocycles. The SMILES string of the molecule is BrC/C=C/C(Cc1ccc2c(c1)OCO2)=C(/CBr)Cc1ccc2c(c1)OCO2. The zero-order valence-electron chi connectivity index (χ0n) is 15.3. The zero-order valence-corrected chi connectivity index (χ0v) is 18.4. The number of hydrogen-bond donors (Lipinski definition) is 0. The van der Waals surface area contributed by atoms with Crippen LogP contribution in [0.2, 0.25) is 0 Å². The lowest BCUT2D eigenvalue weighted by Gasteiger charge is -2.13. The Bertz CT molecular complexity index is 921. The number of fused-ring (bicyclic) bond motifs is 2. The molecule has 2 aliphatic rings. The van der Waals surface area contributed by atoms with Crippen molar-refractivity contribution in [2.75, 3.05) is 24.2 Å². The molecule has 0 amide bonds. The number of alkyl halides is 2. The Labute approximate surface area is 181 Å². The molecule has 0 N–H and O–H groups in total. The van der Waals surface area contributed by atoms with Gasteiger partial charge in [0.05, 0.1) is 0 Å². The van der Waals surface area contributed by atoms with E-state index in [-0.39, 0.29) is 0 Å². The number of ether oxygens (including phenoxy) is 4. The van der Waals surface area contributed by atoms with Gasteiger partial charge >= 0.3 is 0 Å². The lowest BCUT2D eigenvalue weighted by Crippen LogP contribution is -2.00. The first-order valence-electron chi connectivity index (χ1n) is 9.03. The van der Waals surface area contributed by atoms with E-state index in [0.29, 0.717) is 13.6 Å². The van der Waals surface area contributed by atoms with E-state index in [1.165, 1.54) is 22.3 Å². The van der Waals surface area contributed by atoms with Crippen LogP contribution in [-0.2, 0) is 12.8 Å². The molecule has 0 aliphatic carbocycles. The second-order valence-corrected chi connectivity index (χ2v) is 7.76. The number of rotatable bonds is 7. The maximum Gasteiger partial charge on any atom is 0.231 e. The molecule has 0 spiro atoms. The Balaban J connectivity index is 1.61. The third kappa shape index (κ3) is 4.39. The molecule has 2 heterocycles. The van der Waals surface area contributed by atoms with Crippen LogP contribution in [0.1, 0.15) is 11.1 Å². The smallest absolute Gasteiger partial charge is 0.231 e. The highest BCUT2D eigenvalue weighted by molar-refractivity contribution is 9.09. The lowest BCUT2D eigenvalue weighted by atomic mass is 9.95. The second-order valence-electron chi connectivity index (χ2n) is 6.55. The van der Waals surface area contributed by atoms with E-state index in [0.717, 1.165) is 46.5 Å². The molecule has 0 saturated carbocycles. The van der Waals surface area contributed by atoms with Gasteiger partial charge in [-0.3, -0.25) is 0 Å². The summed E-state index contributed by atoms with van der Waals surface area (Å²) in [7, 11) is 0. The van der Waals surface area contributed by atoms with E-state index >= 15 is 0 Å². The fourth-order valence-electron chi connectivity index (χ4n) is 3.30. The fourth-order valence-corrected chi connectivity index (χ4v) is 4.05. The van der Waals surface area contributed by atoms with E-state index in [4.69, 9.17) is 18.9 Å². The van der Waals surface area contributed by atoms with Crippen LogP contribution in [0.25, 0.3) is 0 Å². The van der Waals surface area contributed by atoms with Gasteiger partial charge in [-0.25, -0.2) is 0 Å². The summed E-state index contributed by atoms with van der Waals surface area (Å²) < 4.78 is 21.9. The first kappa shape index (κ1) is 19.4. The van der Waals surface area contributed by atoms with Gasteiger partial charge in [-0.15, -0.1) is 0 Å². The quantitative estimate of drug-likeness (QED) is 0.362. The largest absolute Gasteiger partial charge is 0.454 e. The molecule has 0 atom stereocenters. The van der Waals surface area contributed by atoms with Gasteiger partial charge in [-0.2, -0.15) is 0 Å². The van der Waals surface area contributed by atoms with Gasteiger partial charge < -0.3 is 18.9 Å². The summed E-state index contributed by atoms with van der Waals surface area (Å²) in [6.07, 6.45) is 5.99. The molecule has 146 valence electrons. The van der Waals surface area contributed by atoms with Crippen molar-refractivity contribution < 1.29 is 18.9 Å². The summed E-state index contributed by atoms with van der Waals surface area (Å²) in [5, 5.41) is 1.62. The van der Waals surface area contributed by atoms with Crippen molar-refractivity contribution in [1.82, 2.24) is 0 Å². The zero-order chi connectivity index (χ0) is 19.3. The first-order valence-corrected chi connectivity index (χ1v) is 11.3. The monoisotopic (exact) mass is 506 g/mol. The van der Waals surface area contributed by atoms with Gasteiger partial charge in [0, 0.05) is 10.7 Å². The van der Waals surface area contributed by atoms with Gasteiger partial charge in [-0.1, -0.05) is 61.7 Å². The molecule has 6 heteroatoms. The molecule has 2 aliphatic heterocycles. The van der Waals surface area contributed by atoms with E-state index in [1.807, 2.05) is 12.1 Å². The van der Waals surface area contributed by atoms with Crippen molar-refractivity contribution in [3.63, 3.8) is 0 Å². The van der Waals surface area contributed by atoms with Crippen LogP contribution < -0.4 is 18.9 Å². The van der Waals surface area contributed by atoms with Crippen molar-refractivity contribution in [3.8, 4) is 23.0 Å². The summed E-state index contributed by atoms with van der Waals surface area (Å²) in [6.45, 7) is 0.588. The normalized spacial score (nSPS) is 15.2. The molecule has 4 rings (SSSR count). The third-order valence-corrected chi connectivity index (χ3v) is 5.76. The highest BCUT2D eigenvalue weighted by Gasteiger charge is 2.16. The van der Waals surface area contributed by atoms with E-state index in [2.05, 4.69) is 68.3 Å². The molecular formula is C22H20Br2O4. The van der Waals surface area contributed by atoms with Crippen LogP contribution >= 0.6 is 31.9 Å². The molecule has 28 heavy (non-hydrogen) atoms. The number of allylic oxidation sites excluding steroid dienone is 4. The minimum atomic E-state index is 0.293. The molecule has 0 bridgehead atoms. The molecule has 0 aromatic heterocycles. The minimum absolute atomic E-state index is 0.293. The van der Waals surface area contributed by atoms with Crippen LogP contribution in [0.15, 0.2) is 59.7 Å². The summed E-state index contributed by atoms with van der Waals surface area (Å²) in [5.41, 5.74) is 5.01. The Morgan fingerprint density at radius 1 is 0.786 bits per heavy atom. The standard InChI is InChI=1S/C22H20Br2O4/c23-7-1-2-17(8-15-3-5-19-21(10-15)27-13-25-19)18(12-24)9-16-4-6-20-22(11-16)28-14-26-20/h1-6,10-11H,7-9,12-14H2/b2-1+,18-17-. The number of hydrogen-bond acceptors (Lipinski definition) is 4. The Hall–Kier alpha value is -1.92. The second kappa shape index (κ2) is 9.05. The van der Waals surface area contributed by atoms with Crippen molar-refractivity contribution in [2.45, 2.75) is 12.8 Å². The third-order valence-electron chi connectivity index (χ3n) is 4.71. The molecule has 0 radical (unpaired) electrons. The summed E-state index contributed by atoms with van der Waals surface area (Å²) in [5.74, 6) is 3.26. The first-order chi connectivity index (χ1) is 13.8.